The van der Waals surface area contributed by atoms with Crippen LogP contribution in [0, 0.1) is 3.57 Å². The Morgan fingerprint density at radius 2 is 1.75 bits per heavy atom. The van der Waals surface area contributed by atoms with Crippen LogP contribution in [0.2, 0.25) is 0 Å². The fraction of sp³-hybridized carbons (Fsp3) is 0.167. The molecule has 2 aromatic rings. The van der Waals surface area contributed by atoms with Gasteiger partial charge in [0.2, 0.25) is 0 Å². The number of carbonyl (C=O) groups is 1. The van der Waals surface area contributed by atoms with Gasteiger partial charge in [0.05, 0.1) is 22.8 Å². The summed E-state index contributed by atoms with van der Waals surface area (Å²) in [6, 6.07) is 13.7. The van der Waals surface area contributed by atoms with E-state index in [1.54, 1.807) is 55.5 Å². The van der Waals surface area contributed by atoms with Gasteiger partial charge < -0.3 is 4.74 Å². The number of rotatable bonds is 6. The molecule has 0 aromatic heterocycles. The lowest BCUT2D eigenvalue weighted by Gasteiger charge is -2.12. The van der Waals surface area contributed by atoms with Gasteiger partial charge in [-0.05, 0) is 52.8 Å². The van der Waals surface area contributed by atoms with Crippen LogP contribution in [-0.4, -0.2) is 21.0 Å². The molecule has 2 aromatic carbocycles. The number of carbonyl (C=O) groups excluding carboxylic acids is 1. The summed E-state index contributed by atoms with van der Waals surface area (Å²) >= 11 is 2.00. The first-order chi connectivity index (χ1) is 11.4. The number of hydrogen-bond acceptors (Lipinski definition) is 4. The Balaban J connectivity index is 2.39. The van der Waals surface area contributed by atoms with Crippen LogP contribution in [0.15, 0.2) is 60.0 Å². The second-order valence-corrected chi connectivity index (χ2v) is 8.17. The van der Waals surface area contributed by atoms with E-state index in [9.17, 15) is 13.2 Å². The number of halogens is 1. The Kier molecular flexibility index (Phi) is 6.17. The van der Waals surface area contributed by atoms with Crippen LogP contribution in [0.5, 0.6) is 0 Å². The van der Waals surface area contributed by atoms with Gasteiger partial charge in [-0.2, -0.15) is 0 Å². The van der Waals surface area contributed by atoms with Gasteiger partial charge in [-0.1, -0.05) is 43.0 Å². The molecule has 126 valence electrons. The fourth-order valence-corrected chi connectivity index (χ4v) is 5.11. The molecule has 6 heteroatoms. The van der Waals surface area contributed by atoms with E-state index < -0.39 is 15.8 Å². The maximum atomic E-state index is 12.7. The van der Waals surface area contributed by atoms with E-state index in [1.807, 2.05) is 22.6 Å². The Bertz CT molecular complexity index is 872. The summed E-state index contributed by atoms with van der Waals surface area (Å²) in [5, 5.41) is 0. The van der Waals surface area contributed by atoms with Gasteiger partial charge in [0.15, 0.2) is 9.84 Å². The van der Waals surface area contributed by atoms with Crippen LogP contribution in [-0.2, 0) is 25.1 Å². The topological polar surface area (TPSA) is 60.4 Å². The van der Waals surface area contributed by atoms with Crippen molar-refractivity contribution in [3.63, 3.8) is 0 Å². The second-order valence-electron chi connectivity index (χ2n) is 5.05. The molecule has 4 nitrogen and oxygen atoms in total. The third-order valence-electron chi connectivity index (χ3n) is 3.38. The minimum Gasteiger partial charge on any atom is -0.462 e. The monoisotopic (exact) mass is 456 g/mol. The van der Waals surface area contributed by atoms with Crippen LogP contribution in [0.25, 0.3) is 5.57 Å². The number of sulfone groups is 1. The molecule has 24 heavy (non-hydrogen) atoms. The van der Waals surface area contributed by atoms with Crippen molar-refractivity contribution in [2.75, 3.05) is 6.61 Å². The van der Waals surface area contributed by atoms with Crippen LogP contribution < -0.4 is 0 Å². The average molecular weight is 456 g/mol. The van der Waals surface area contributed by atoms with Gasteiger partial charge in [-0.3, -0.25) is 0 Å². The molecule has 0 heterocycles. The highest BCUT2D eigenvalue weighted by atomic mass is 127. The molecule has 0 spiro atoms. The zero-order valence-corrected chi connectivity index (χ0v) is 16.1. The molecule has 0 saturated carbocycles. The maximum absolute atomic E-state index is 12.7. The number of hydrogen-bond donors (Lipinski definition) is 0. The highest BCUT2D eigenvalue weighted by Crippen LogP contribution is 2.26. The molecule has 0 radical (unpaired) electrons. The molecule has 0 N–H and O–H groups in total. The van der Waals surface area contributed by atoms with E-state index in [0.717, 1.165) is 0 Å². The lowest BCUT2D eigenvalue weighted by molar-refractivity contribution is -0.136. The summed E-state index contributed by atoms with van der Waals surface area (Å²) in [4.78, 5) is 12.2. The number of esters is 1. The quantitative estimate of drug-likeness (QED) is 0.377. The summed E-state index contributed by atoms with van der Waals surface area (Å²) in [5.41, 5.74) is 1.17. The molecule has 0 aliphatic rings. The summed E-state index contributed by atoms with van der Waals surface area (Å²) in [7, 11) is -3.54. The van der Waals surface area contributed by atoms with Crippen LogP contribution in [0.1, 0.15) is 18.1 Å². The molecule has 0 amide bonds. The van der Waals surface area contributed by atoms with Gasteiger partial charge in [0.25, 0.3) is 0 Å². The van der Waals surface area contributed by atoms with Crippen molar-refractivity contribution < 1.29 is 17.9 Å². The van der Waals surface area contributed by atoms with Gasteiger partial charge in [-0.15, -0.1) is 0 Å². The third-order valence-corrected chi connectivity index (χ3v) is 6.41. The summed E-state index contributed by atoms with van der Waals surface area (Å²) in [6.07, 6.45) is 0. The average Bonchev–Trinajstić information content (AvgIpc) is 2.55. The largest absolute Gasteiger partial charge is 0.462 e. The second kappa shape index (κ2) is 7.94. The van der Waals surface area contributed by atoms with E-state index in [4.69, 9.17) is 4.74 Å². The smallest absolute Gasteiger partial charge is 0.338 e. The molecule has 0 fully saturated rings. The van der Waals surface area contributed by atoms with E-state index in [-0.39, 0.29) is 22.8 Å². The molecular weight excluding hydrogens is 439 g/mol. The van der Waals surface area contributed by atoms with E-state index in [0.29, 0.717) is 14.7 Å². The molecule has 0 atom stereocenters. The highest BCUT2D eigenvalue weighted by Gasteiger charge is 2.22. The molecular formula is C18H17IO4S. The van der Waals surface area contributed by atoms with Gasteiger partial charge >= 0.3 is 5.97 Å². The van der Waals surface area contributed by atoms with Gasteiger partial charge in [-0.25, -0.2) is 13.2 Å². The summed E-state index contributed by atoms with van der Waals surface area (Å²) < 4.78 is 31.1. The SMILES string of the molecule is C=C(C(=O)OCC)c1ccccc1CS(=O)(=O)c1ccccc1I. The van der Waals surface area contributed by atoms with E-state index in [2.05, 4.69) is 6.58 Å². The zero-order chi connectivity index (χ0) is 17.7. The van der Waals surface area contributed by atoms with Crippen molar-refractivity contribution in [1.82, 2.24) is 0 Å². The third kappa shape index (κ3) is 4.24. The van der Waals surface area contributed by atoms with Gasteiger partial charge in [0.1, 0.15) is 0 Å². The van der Waals surface area contributed by atoms with Crippen LogP contribution >= 0.6 is 22.6 Å². The fourth-order valence-electron chi connectivity index (χ4n) is 2.25. The Hall–Kier alpha value is -1.67. The first kappa shape index (κ1) is 18.7. The molecule has 0 unspecified atom stereocenters. The zero-order valence-electron chi connectivity index (χ0n) is 13.2. The molecule has 0 aliphatic carbocycles. The van der Waals surface area contributed by atoms with Crippen molar-refractivity contribution >= 4 is 44.0 Å². The predicted octanol–water partition coefficient (Wildman–Crippen LogP) is 3.84. The van der Waals surface area contributed by atoms with Crippen molar-refractivity contribution in [3.8, 4) is 0 Å². The lowest BCUT2D eigenvalue weighted by atomic mass is 10.0. The van der Waals surface area contributed by atoms with Crippen LogP contribution in [0.3, 0.4) is 0 Å². The minimum absolute atomic E-state index is 0.158. The van der Waals surface area contributed by atoms with Crippen molar-refractivity contribution in [2.24, 2.45) is 0 Å². The molecule has 0 aliphatic heterocycles. The molecule has 0 bridgehead atoms. The van der Waals surface area contributed by atoms with Crippen molar-refractivity contribution in [3.05, 3.63) is 69.8 Å². The number of benzene rings is 2. The first-order valence-electron chi connectivity index (χ1n) is 7.28. The van der Waals surface area contributed by atoms with Crippen molar-refractivity contribution in [2.45, 2.75) is 17.6 Å². The first-order valence-corrected chi connectivity index (χ1v) is 10.0. The highest BCUT2D eigenvalue weighted by molar-refractivity contribution is 14.1. The number of ether oxygens (including phenoxy) is 1. The lowest BCUT2D eigenvalue weighted by Crippen LogP contribution is -2.11. The van der Waals surface area contributed by atoms with Crippen molar-refractivity contribution in [1.29, 1.82) is 0 Å². The predicted molar refractivity (Wildman–Crippen MR) is 102 cm³/mol. The van der Waals surface area contributed by atoms with Gasteiger partial charge in [0, 0.05) is 3.57 Å². The van der Waals surface area contributed by atoms with E-state index >= 15 is 0 Å². The Labute approximate surface area is 155 Å². The summed E-state index contributed by atoms with van der Waals surface area (Å²) in [5.74, 6) is -0.752. The summed E-state index contributed by atoms with van der Waals surface area (Å²) in [6.45, 7) is 5.70. The van der Waals surface area contributed by atoms with Crippen LogP contribution in [0.4, 0.5) is 0 Å². The normalized spacial score (nSPS) is 11.1. The molecule has 0 saturated heterocycles. The standard InChI is InChI=1S/C18H17IO4S/c1-3-23-18(20)13(2)15-9-5-4-8-14(15)12-24(21,22)17-11-7-6-10-16(17)19/h4-11H,2-3,12H2,1H3. The minimum atomic E-state index is -3.54. The van der Waals surface area contributed by atoms with E-state index in [1.165, 1.54) is 0 Å². The molecule has 2 rings (SSSR count). The maximum Gasteiger partial charge on any atom is 0.338 e. The Morgan fingerprint density at radius 1 is 1.12 bits per heavy atom. The Morgan fingerprint density at radius 3 is 2.42 bits per heavy atom.